The standard InChI is InChI=1S/C20H18N6OS2/c1-2-17-25-26-16(18(23-20(26)29-17)13-6-4-3-5-7-13)12-21-24-19(28)22-14-8-10-15(27)11-9-14/h3-12,27H,2H2,1H3,(H2,22,24,28)/b21-12+. The number of fused-ring (bicyclic) bond motifs is 1. The molecule has 0 amide bonds. The van der Waals surface area contributed by atoms with Gasteiger partial charge in [0.25, 0.3) is 0 Å². The van der Waals surface area contributed by atoms with Crippen LogP contribution in [-0.2, 0) is 6.42 Å². The van der Waals surface area contributed by atoms with Gasteiger partial charge in [0.2, 0.25) is 4.96 Å². The van der Waals surface area contributed by atoms with Gasteiger partial charge in [0, 0.05) is 11.3 Å². The second-order valence-electron chi connectivity index (χ2n) is 6.13. The predicted molar refractivity (Wildman–Crippen MR) is 121 cm³/mol. The first-order valence-electron chi connectivity index (χ1n) is 8.97. The Balaban J connectivity index is 1.57. The molecule has 0 aliphatic carbocycles. The number of aromatic nitrogens is 3. The number of imidazole rings is 1. The molecule has 2 aromatic heterocycles. The summed E-state index contributed by atoms with van der Waals surface area (Å²) in [7, 11) is 0. The summed E-state index contributed by atoms with van der Waals surface area (Å²) in [6, 6.07) is 16.5. The van der Waals surface area contributed by atoms with Crippen molar-refractivity contribution < 1.29 is 5.11 Å². The van der Waals surface area contributed by atoms with Gasteiger partial charge in [-0.15, -0.1) is 0 Å². The molecule has 4 rings (SSSR count). The van der Waals surface area contributed by atoms with E-state index in [1.165, 1.54) is 0 Å². The Bertz CT molecular complexity index is 1170. The van der Waals surface area contributed by atoms with Crippen molar-refractivity contribution in [3.05, 3.63) is 65.3 Å². The van der Waals surface area contributed by atoms with Gasteiger partial charge < -0.3 is 10.4 Å². The van der Waals surface area contributed by atoms with Gasteiger partial charge in [-0.3, -0.25) is 5.43 Å². The Kier molecular flexibility index (Phi) is 5.50. The highest BCUT2D eigenvalue weighted by Crippen LogP contribution is 2.26. The molecule has 0 bridgehead atoms. The summed E-state index contributed by atoms with van der Waals surface area (Å²) >= 11 is 6.84. The zero-order chi connectivity index (χ0) is 20.2. The van der Waals surface area contributed by atoms with Gasteiger partial charge in [-0.2, -0.15) is 10.2 Å². The van der Waals surface area contributed by atoms with E-state index in [0.29, 0.717) is 5.11 Å². The van der Waals surface area contributed by atoms with Crippen LogP contribution in [0.25, 0.3) is 16.2 Å². The highest BCUT2D eigenvalue weighted by atomic mass is 32.1. The number of anilines is 1. The van der Waals surface area contributed by atoms with Gasteiger partial charge in [0.05, 0.1) is 6.21 Å². The molecule has 146 valence electrons. The van der Waals surface area contributed by atoms with Gasteiger partial charge in [-0.25, -0.2) is 9.50 Å². The van der Waals surface area contributed by atoms with Crippen LogP contribution in [-0.4, -0.2) is 31.0 Å². The van der Waals surface area contributed by atoms with Gasteiger partial charge >= 0.3 is 0 Å². The topological polar surface area (TPSA) is 86.8 Å². The molecule has 2 aromatic carbocycles. The fourth-order valence-electron chi connectivity index (χ4n) is 2.73. The van der Waals surface area contributed by atoms with E-state index in [9.17, 15) is 5.11 Å². The first-order valence-corrected chi connectivity index (χ1v) is 10.2. The molecule has 29 heavy (non-hydrogen) atoms. The summed E-state index contributed by atoms with van der Waals surface area (Å²) in [4.78, 5) is 5.58. The lowest BCUT2D eigenvalue weighted by atomic mass is 10.1. The quantitative estimate of drug-likeness (QED) is 0.195. The third kappa shape index (κ3) is 4.25. The summed E-state index contributed by atoms with van der Waals surface area (Å²) in [6.45, 7) is 2.07. The molecule has 2 heterocycles. The molecule has 0 aliphatic heterocycles. The summed E-state index contributed by atoms with van der Waals surface area (Å²) in [5.41, 5.74) is 6.15. The summed E-state index contributed by atoms with van der Waals surface area (Å²) in [5.74, 6) is 0.195. The SMILES string of the molecule is CCc1nn2c(/C=N/NC(=S)Nc3ccc(O)cc3)c(-c3ccccc3)nc2s1. The minimum atomic E-state index is 0.195. The zero-order valence-corrected chi connectivity index (χ0v) is 17.2. The minimum absolute atomic E-state index is 0.195. The summed E-state index contributed by atoms with van der Waals surface area (Å²) in [6.07, 6.45) is 2.52. The molecule has 0 saturated carbocycles. The molecule has 0 saturated heterocycles. The lowest BCUT2D eigenvalue weighted by molar-refractivity contribution is 0.475. The fraction of sp³-hybridized carbons (Fsp3) is 0.100. The Morgan fingerprint density at radius 1 is 1.21 bits per heavy atom. The molecule has 0 fully saturated rings. The van der Waals surface area contributed by atoms with Gasteiger partial charge in [-0.1, -0.05) is 48.6 Å². The van der Waals surface area contributed by atoms with E-state index in [2.05, 4.69) is 27.9 Å². The lowest BCUT2D eigenvalue weighted by Crippen LogP contribution is -2.23. The van der Waals surface area contributed by atoms with Crippen molar-refractivity contribution in [1.82, 2.24) is 20.0 Å². The number of hydrogen-bond acceptors (Lipinski definition) is 6. The number of hydrogen-bond donors (Lipinski definition) is 3. The minimum Gasteiger partial charge on any atom is -0.508 e. The maximum atomic E-state index is 9.35. The average molecular weight is 423 g/mol. The number of rotatable bonds is 5. The molecule has 0 aliphatic rings. The second-order valence-corrected chi connectivity index (χ2v) is 7.58. The molecular weight excluding hydrogens is 404 g/mol. The third-order valence-corrected chi connectivity index (χ3v) is 5.35. The van der Waals surface area contributed by atoms with E-state index < -0.39 is 0 Å². The van der Waals surface area contributed by atoms with E-state index in [4.69, 9.17) is 17.2 Å². The van der Waals surface area contributed by atoms with Crippen molar-refractivity contribution in [3.8, 4) is 17.0 Å². The number of thiocarbonyl (C=S) groups is 1. The highest BCUT2D eigenvalue weighted by Gasteiger charge is 2.16. The first-order chi connectivity index (χ1) is 14.1. The van der Waals surface area contributed by atoms with Crippen molar-refractivity contribution in [2.24, 2.45) is 5.10 Å². The van der Waals surface area contributed by atoms with E-state index in [0.717, 1.165) is 39.0 Å². The van der Waals surface area contributed by atoms with E-state index in [1.54, 1.807) is 41.8 Å². The number of phenols is 1. The summed E-state index contributed by atoms with van der Waals surface area (Å²) in [5, 5.41) is 22.6. The van der Waals surface area contributed by atoms with Crippen LogP contribution in [0.4, 0.5) is 5.69 Å². The van der Waals surface area contributed by atoms with Gasteiger partial charge in [0.15, 0.2) is 5.11 Å². The van der Waals surface area contributed by atoms with Crippen LogP contribution in [0.15, 0.2) is 59.7 Å². The van der Waals surface area contributed by atoms with Gasteiger partial charge in [-0.05, 0) is 42.9 Å². The van der Waals surface area contributed by atoms with Crippen molar-refractivity contribution in [3.63, 3.8) is 0 Å². The van der Waals surface area contributed by atoms with Crippen LogP contribution in [0.1, 0.15) is 17.6 Å². The van der Waals surface area contributed by atoms with Gasteiger partial charge in [0.1, 0.15) is 22.1 Å². The fourth-order valence-corrected chi connectivity index (χ4v) is 3.74. The molecule has 0 atom stereocenters. The number of aryl methyl sites for hydroxylation is 1. The van der Waals surface area contributed by atoms with Crippen LogP contribution < -0.4 is 10.7 Å². The summed E-state index contributed by atoms with van der Waals surface area (Å²) < 4.78 is 1.81. The molecule has 0 unspecified atom stereocenters. The number of hydrazone groups is 1. The normalized spacial score (nSPS) is 11.2. The lowest BCUT2D eigenvalue weighted by Gasteiger charge is -2.06. The molecule has 4 aromatic rings. The Labute approximate surface area is 176 Å². The number of aromatic hydroxyl groups is 1. The smallest absolute Gasteiger partial charge is 0.213 e. The number of nitrogens with zero attached hydrogens (tertiary/aromatic N) is 4. The average Bonchev–Trinajstić information content (AvgIpc) is 3.29. The molecular formula is C20H18N6OS2. The van der Waals surface area contributed by atoms with Crippen LogP contribution in [0, 0.1) is 0 Å². The molecule has 3 N–H and O–H groups in total. The Morgan fingerprint density at radius 2 is 1.97 bits per heavy atom. The molecule has 0 spiro atoms. The Hall–Kier alpha value is -3.30. The Morgan fingerprint density at radius 3 is 2.69 bits per heavy atom. The zero-order valence-electron chi connectivity index (χ0n) is 15.5. The number of phenolic OH excluding ortho intramolecular Hbond substituents is 1. The monoisotopic (exact) mass is 422 g/mol. The predicted octanol–water partition coefficient (Wildman–Crippen LogP) is 4.05. The maximum Gasteiger partial charge on any atom is 0.213 e. The van der Waals surface area contributed by atoms with Crippen molar-refractivity contribution in [2.45, 2.75) is 13.3 Å². The molecule has 7 nitrogen and oxygen atoms in total. The largest absolute Gasteiger partial charge is 0.508 e. The second kappa shape index (κ2) is 8.38. The first kappa shape index (κ1) is 19.0. The maximum absolute atomic E-state index is 9.35. The number of benzene rings is 2. The van der Waals surface area contributed by atoms with Crippen LogP contribution in [0.3, 0.4) is 0 Å². The van der Waals surface area contributed by atoms with Crippen LogP contribution in [0.5, 0.6) is 5.75 Å². The van der Waals surface area contributed by atoms with Crippen LogP contribution >= 0.6 is 23.6 Å². The molecule has 9 heteroatoms. The van der Waals surface area contributed by atoms with E-state index in [-0.39, 0.29) is 5.75 Å². The highest BCUT2D eigenvalue weighted by molar-refractivity contribution is 7.80. The third-order valence-electron chi connectivity index (χ3n) is 4.11. The van der Waals surface area contributed by atoms with E-state index >= 15 is 0 Å². The molecule has 0 radical (unpaired) electrons. The van der Waals surface area contributed by atoms with E-state index in [1.807, 2.05) is 34.8 Å². The van der Waals surface area contributed by atoms with Crippen molar-refractivity contribution >= 4 is 45.5 Å². The van der Waals surface area contributed by atoms with Crippen molar-refractivity contribution in [1.29, 1.82) is 0 Å². The van der Waals surface area contributed by atoms with Crippen molar-refractivity contribution in [2.75, 3.05) is 5.32 Å². The van der Waals surface area contributed by atoms with Crippen LogP contribution in [0.2, 0.25) is 0 Å². The number of nitrogens with one attached hydrogen (secondary N) is 2.